The molecule has 17 nitrogen and oxygen atoms in total. The number of aliphatic imine (C=N–C) groups is 1. The van der Waals surface area contributed by atoms with Crippen molar-refractivity contribution in [2.45, 2.75) is 179 Å². The van der Waals surface area contributed by atoms with E-state index in [1.165, 1.54) is 11.3 Å². The molecule has 0 bridgehead atoms. The predicted octanol–water partition coefficient (Wildman–Crippen LogP) is 18.7. The van der Waals surface area contributed by atoms with Crippen molar-refractivity contribution in [1.82, 2.24) is 34.4 Å². The molecule has 8 heterocycles. The first kappa shape index (κ1) is 84.9. The van der Waals surface area contributed by atoms with Crippen LogP contribution in [0, 0.1) is 41.7 Å². The van der Waals surface area contributed by atoms with Gasteiger partial charge in [-0.3, -0.25) is 28.8 Å². The lowest BCUT2D eigenvalue weighted by atomic mass is 10.0. The molecule has 0 spiro atoms. The molecule has 4 aromatic carbocycles. The molecule has 10 aromatic rings. The lowest BCUT2D eigenvalue weighted by Crippen LogP contribution is -2.37. The van der Waals surface area contributed by atoms with Gasteiger partial charge in [0.1, 0.15) is 16.9 Å². The van der Waals surface area contributed by atoms with Crippen LogP contribution in [-0.4, -0.2) is 80.9 Å². The first-order valence-corrected chi connectivity index (χ1v) is 34.8. The third-order valence-electron chi connectivity index (χ3n) is 12.9. The zero-order valence-corrected chi connectivity index (χ0v) is 62.3. The minimum absolute atomic E-state index is 0.0000813. The summed E-state index contributed by atoms with van der Waals surface area (Å²) in [7, 11) is 0. The van der Waals surface area contributed by atoms with E-state index >= 15 is 0 Å². The number of benzene rings is 4. The third-order valence-corrected chi connectivity index (χ3v) is 14.0. The van der Waals surface area contributed by atoms with Crippen LogP contribution in [0.1, 0.15) is 213 Å². The highest BCUT2D eigenvalue weighted by molar-refractivity contribution is 7.20. The Hall–Kier alpha value is -9.16. The summed E-state index contributed by atoms with van der Waals surface area (Å²) in [5, 5.41) is 4.69. The number of nitrogens with one attached hydrogen (secondary N) is 1. The van der Waals surface area contributed by atoms with Crippen molar-refractivity contribution in [2.24, 2.45) is 45.5 Å². The normalized spacial score (nSPS) is 11.6. The molecule has 0 saturated carbocycles. The molecule has 1 unspecified atom stereocenters. The number of pyridine rings is 1. The number of imidazole rings is 2. The fraction of sp³-hybridized carbons (Fsp3) is 0.410. The Labute approximate surface area is 574 Å². The molecular weight excluding hydrogens is 1220 g/mol. The Morgan fingerprint density at radius 3 is 1.60 bits per heavy atom. The fourth-order valence-corrected chi connectivity index (χ4v) is 9.18. The SMILES string of the molecule is CC.CC.CC.CC.CC.CC.CC(C)C(=O)C1=Nc2ccccc2C1.CC(C)C(=O)C1C=[n+]2ncccc2=N1.CC(C)C(=O)c1cn2ccccc2n1.CC(C)C(=O)c1nc2ccccc2[nH]1.CC(C)C(=O)c1nc2ccccc2o1.CC(C)C(=O)c1nc2ccccc2s1. The first-order chi connectivity index (χ1) is 46.1. The van der Waals surface area contributed by atoms with Gasteiger partial charge in [0.05, 0.1) is 38.8 Å². The van der Waals surface area contributed by atoms with Gasteiger partial charge in [0.25, 0.3) is 11.9 Å². The molecule has 0 fully saturated rings. The number of ketones is 6. The monoisotopic (exact) mass is 1330 g/mol. The largest absolute Gasteiger partial charge is 0.434 e. The highest BCUT2D eigenvalue weighted by Gasteiger charge is 2.29. The number of rotatable bonds is 12. The number of para-hydroxylation sites is 6. The van der Waals surface area contributed by atoms with E-state index in [-0.39, 0.29) is 82.1 Å². The number of Topliss-reactive ketones (excluding diaryl/α,β-unsaturated/α-hetero) is 6. The van der Waals surface area contributed by atoms with E-state index < -0.39 is 0 Å². The van der Waals surface area contributed by atoms with Crippen LogP contribution in [0.15, 0.2) is 160 Å². The summed E-state index contributed by atoms with van der Waals surface area (Å²) in [5.41, 5.74) is 9.01. The Morgan fingerprint density at radius 2 is 1.06 bits per heavy atom. The summed E-state index contributed by atoms with van der Waals surface area (Å²) in [5.74, 6) is 1.17. The second-order valence-corrected chi connectivity index (χ2v) is 22.8. The summed E-state index contributed by atoms with van der Waals surface area (Å²) in [6, 6.07) is 39.7. The molecule has 2 aliphatic rings. The fourth-order valence-electron chi connectivity index (χ4n) is 8.13. The maximum Gasteiger partial charge on any atom is 0.343 e. The molecule has 0 radical (unpaired) electrons. The van der Waals surface area contributed by atoms with Crippen molar-refractivity contribution in [1.29, 1.82) is 0 Å². The van der Waals surface area contributed by atoms with Gasteiger partial charge in [0.15, 0.2) is 45.8 Å². The summed E-state index contributed by atoms with van der Waals surface area (Å²) >= 11 is 1.47. The minimum Gasteiger partial charge on any atom is -0.434 e. The number of hydrogen-bond donors (Lipinski definition) is 1. The standard InChI is InChI=1S/C12H13NO.2C11H12N2O.C11H11NO2.C11H11NOS.C10H12N3O.6C2H6/c1-8(2)12(14)11-7-9-5-3-4-6-10(9)13-11;1-8(2)11(14)9-7-13-6-4-3-5-10(13)12-9;1-7(2)10(14)11-12-8-5-3-4-6-9(8)13-11;2*1-7(2)10(13)11-12-8-5-3-4-6-9(8)14-11;1-7(2)10(14)8-6-13-9(12-8)4-3-5-11-13;6*1-2/h3-6,8H,7H2,1-2H3;3-8H,1-2H3;3-7H,1-2H3,(H,12,13);2*3-7H,1-2H3;3-8H,1-2H3;6*1-2H3/q;;;;;+1;;;;;;. The van der Waals surface area contributed by atoms with E-state index in [1.54, 1.807) is 29.0 Å². The number of fused-ring (bicyclic) bond motifs is 6. The summed E-state index contributed by atoms with van der Waals surface area (Å²) in [6.07, 6.45) is 7.79. The lowest BCUT2D eigenvalue weighted by molar-refractivity contribution is -0.590. The van der Waals surface area contributed by atoms with Gasteiger partial charge in [-0.2, -0.15) is 0 Å². The van der Waals surface area contributed by atoms with Gasteiger partial charge in [0.2, 0.25) is 11.6 Å². The van der Waals surface area contributed by atoms with Crippen molar-refractivity contribution in [3.63, 3.8) is 0 Å². The van der Waals surface area contributed by atoms with Crippen LogP contribution in [0.5, 0.6) is 0 Å². The summed E-state index contributed by atoms with van der Waals surface area (Å²) < 4.78 is 9.91. The Bertz CT molecular complexity index is 3620. The molecule has 1 atom stereocenters. The average Bonchev–Trinajstić information content (AvgIpc) is 1.78. The molecule has 2 aliphatic heterocycles. The van der Waals surface area contributed by atoms with Gasteiger partial charge < -0.3 is 13.8 Å². The van der Waals surface area contributed by atoms with Crippen LogP contribution in [0.4, 0.5) is 5.69 Å². The molecule has 96 heavy (non-hydrogen) atoms. The molecule has 0 saturated heterocycles. The van der Waals surface area contributed by atoms with Crippen LogP contribution in [0.2, 0.25) is 0 Å². The minimum atomic E-state index is -0.357. The third kappa shape index (κ3) is 25.5. The van der Waals surface area contributed by atoms with E-state index in [9.17, 15) is 28.8 Å². The second-order valence-electron chi connectivity index (χ2n) is 21.7. The first-order valence-electron chi connectivity index (χ1n) is 34.0. The molecule has 1 N–H and O–H groups in total. The number of aromatic amines is 1. The number of hydrogen-bond acceptors (Lipinski definition) is 15. The number of thiazole rings is 1. The number of H-pyrrole nitrogens is 1. The highest BCUT2D eigenvalue weighted by Crippen LogP contribution is 2.27. The second kappa shape index (κ2) is 45.3. The van der Waals surface area contributed by atoms with E-state index in [0.29, 0.717) is 34.2 Å². The van der Waals surface area contributed by atoms with Gasteiger partial charge in [-0.1, -0.05) is 237 Å². The van der Waals surface area contributed by atoms with Crippen molar-refractivity contribution in [2.75, 3.05) is 0 Å². The number of carbonyl (C=O) groups excluding carboxylic acids is 6. The summed E-state index contributed by atoms with van der Waals surface area (Å²) in [4.78, 5) is 98.3. The number of aromatic nitrogens is 8. The molecule has 0 amide bonds. The topological polar surface area (TPSA) is 231 Å². The molecular formula is C78H107N10O7S+. The molecule has 6 aromatic heterocycles. The maximum atomic E-state index is 11.7. The predicted molar refractivity (Wildman–Crippen MR) is 396 cm³/mol. The zero-order valence-electron chi connectivity index (χ0n) is 61.5. The number of carbonyl (C=O) groups is 6. The van der Waals surface area contributed by atoms with E-state index in [2.05, 4.69) is 40.0 Å². The van der Waals surface area contributed by atoms with E-state index in [0.717, 1.165) is 49.2 Å². The van der Waals surface area contributed by atoms with Crippen LogP contribution >= 0.6 is 11.3 Å². The smallest absolute Gasteiger partial charge is 0.343 e. The van der Waals surface area contributed by atoms with Crippen LogP contribution in [0.25, 0.3) is 38.0 Å². The summed E-state index contributed by atoms with van der Waals surface area (Å²) in [6.45, 7) is 46.5. The molecule has 18 heteroatoms. The zero-order chi connectivity index (χ0) is 72.8. The van der Waals surface area contributed by atoms with E-state index in [4.69, 9.17) is 4.42 Å². The number of nitrogens with zero attached hydrogens (tertiary/aromatic N) is 9. The van der Waals surface area contributed by atoms with Gasteiger partial charge in [-0.25, -0.2) is 24.9 Å². The Balaban J connectivity index is 0.000000557. The van der Waals surface area contributed by atoms with Crippen molar-refractivity contribution in [3.05, 3.63) is 186 Å². The van der Waals surface area contributed by atoms with Crippen molar-refractivity contribution < 1.29 is 37.5 Å². The molecule has 12 rings (SSSR count). The van der Waals surface area contributed by atoms with Gasteiger partial charge in [-0.05, 0) is 66.2 Å². The van der Waals surface area contributed by atoms with E-state index in [1.807, 2.05) is 298 Å². The number of oxazole rings is 1. The maximum absolute atomic E-state index is 11.7. The average molecular weight is 1330 g/mol. The molecule has 0 aliphatic carbocycles. The van der Waals surface area contributed by atoms with Gasteiger partial charge in [0, 0.05) is 60.4 Å². The van der Waals surface area contributed by atoms with Crippen molar-refractivity contribution in [3.8, 4) is 0 Å². The van der Waals surface area contributed by atoms with Crippen LogP contribution < -0.4 is 9.85 Å². The van der Waals surface area contributed by atoms with Crippen LogP contribution in [-0.2, 0) is 16.0 Å². The Kier molecular flexibility index (Phi) is 40.0. The molecule has 516 valence electrons. The van der Waals surface area contributed by atoms with Crippen molar-refractivity contribution >= 4 is 95.4 Å². The van der Waals surface area contributed by atoms with Gasteiger partial charge in [-0.15, -0.1) is 15.7 Å². The van der Waals surface area contributed by atoms with Crippen LogP contribution in [0.3, 0.4) is 0 Å². The quantitative estimate of drug-likeness (QED) is 0.0889. The highest BCUT2D eigenvalue weighted by atomic mass is 32.1. The van der Waals surface area contributed by atoms with Gasteiger partial charge >= 0.3 is 5.49 Å². The Morgan fingerprint density at radius 1 is 0.521 bits per heavy atom. The lowest BCUT2D eigenvalue weighted by Gasteiger charge is -2.01.